The molecule has 1 atom stereocenters. The second-order valence-electron chi connectivity index (χ2n) is 4.11. The van der Waals surface area contributed by atoms with Crippen molar-refractivity contribution in [2.45, 2.75) is 33.7 Å². The van der Waals surface area contributed by atoms with Crippen molar-refractivity contribution >= 4 is 5.91 Å². The van der Waals surface area contributed by atoms with E-state index < -0.39 is 0 Å². The van der Waals surface area contributed by atoms with Gasteiger partial charge in [0.1, 0.15) is 0 Å². The Hall–Kier alpha value is -0.610. The van der Waals surface area contributed by atoms with Crippen LogP contribution in [0.15, 0.2) is 0 Å². The van der Waals surface area contributed by atoms with Crippen molar-refractivity contribution in [3.05, 3.63) is 0 Å². The highest BCUT2D eigenvalue weighted by Crippen LogP contribution is 2.02. The third-order valence-electron chi connectivity index (χ3n) is 2.56. The fraction of sp³-hybridized carbons (Fsp3) is 0.917. The quantitative estimate of drug-likeness (QED) is 0.790. The number of nitrogens with one attached hydrogen (secondary N) is 1. The number of amides is 1. The van der Waals surface area contributed by atoms with E-state index in [1.807, 2.05) is 27.7 Å². The van der Waals surface area contributed by atoms with Crippen LogP contribution in [0.1, 0.15) is 27.7 Å². The molecule has 1 aliphatic rings. The molecule has 96 valence electrons. The number of rotatable bonds is 3. The molecule has 0 aromatic carbocycles. The summed E-state index contributed by atoms with van der Waals surface area (Å²) in [5.41, 5.74) is 0. The van der Waals surface area contributed by atoms with Crippen molar-refractivity contribution in [2.24, 2.45) is 5.92 Å². The van der Waals surface area contributed by atoms with Crippen LogP contribution in [0.5, 0.6) is 0 Å². The molecular formula is C12H26N2O2. The van der Waals surface area contributed by atoms with Crippen molar-refractivity contribution < 1.29 is 9.53 Å². The molecule has 1 rings (SSSR count). The lowest BCUT2D eigenvalue weighted by Crippen LogP contribution is -2.49. The first-order valence-corrected chi connectivity index (χ1v) is 6.17. The zero-order valence-corrected chi connectivity index (χ0v) is 11.2. The van der Waals surface area contributed by atoms with Gasteiger partial charge in [0, 0.05) is 19.0 Å². The van der Waals surface area contributed by atoms with Gasteiger partial charge in [-0.15, -0.1) is 0 Å². The number of ether oxygens (including phenoxy) is 1. The molecule has 1 unspecified atom stereocenters. The molecule has 4 nitrogen and oxygen atoms in total. The number of hydrogen-bond acceptors (Lipinski definition) is 3. The van der Waals surface area contributed by atoms with E-state index in [0.29, 0.717) is 12.6 Å². The maximum absolute atomic E-state index is 11.3. The van der Waals surface area contributed by atoms with Gasteiger partial charge < -0.3 is 10.1 Å². The van der Waals surface area contributed by atoms with Crippen molar-refractivity contribution in [2.75, 3.05) is 33.4 Å². The first kappa shape index (κ1) is 15.4. The molecule has 1 amide bonds. The Morgan fingerprint density at radius 1 is 1.50 bits per heavy atom. The van der Waals surface area contributed by atoms with E-state index in [1.54, 1.807) is 0 Å². The van der Waals surface area contributed by atoms with Gasteiger partial charge in [0.25, 0.3) is 0 Å². The molecule has 0 aliphatic carbocycles. The van der Waals surface area contributed by atoms with Crippen LogP contribution >= 0.6 is 0 Å². The number of carbonyl (C=O) groups is 1. The Morgan fingerprint density at radius 2 is 2.12 bits per heavy atom. The van der Waals surface area contributed by atoms with Crippen LogP contribution in [0.25, 0.3) is 0 Å². The highest BCUT2D eigenvalue weighted by molar-refractivity contribution is 5.77. The minimum atomic E-state index is 0.0600. The fourth-order valence-corrected chi connectivity index (χ4v) is 1.38. The van der Waals surface area contributed by atoms with Crippen LogP contribution < -0.4 is 5.32 Å². The second kappa shape index (κ2) is 8.53. The first-order chi connectivity index (χ1) is 7.61. The van der Waals surface area contributed by atoms with Crippen LogP contribution in [0.2, 0.25) is 0 Å². The van der Waals surface area contributed by atoms with Crippen molar-refractivity contribution in [1.82, 2.24) is 10.2 Å². The largest absolute Gasteiger partial charge is 0.378 e. The van der Waals surface area contributed by atoms with Crippen molar-refractivity contribution in [3.63, 3.8) is 0 Å². The van der Waals surface area contributed by atoms with E-state index in [0.717, 1.165) is 19.8 Å². The molecular weight excluding hydrogens is 204 g/mol. The Balaban J connectivity index is 0.00000106. The van der Waals surface area contributed by atoms with Gasteiger partial charge in [-0.3, -0.25) is 9.69 Å². The predicted molar refractivity (Wildman–Crippen MR) is 66.4 cm³/mol. The molecule has 1 heterocycles. The third kappa shape index (κ3) is 5.47. The van der Waals surface area contributed by atoms with Gasteiger partial charge in [0.05, 0.1) is 19.3 Å². The molecule has 16 heavy (non-hydrogen) atoms. The Labute approximate surface area is 99.3 Å². The highest BCUT2D eigenvalue weighted by atomic mass is 16.5. The predicted octanol–water partition coefficient (Wildman–Crippen LogP) is 1.12. The van der Waals surface area contributed by atoms with E-state index in [4.69, 9.17) is 4.74 Å². The maximum atomic E-state index is 11.3. The molecule has 1 N–H and O–H groups in total. The molecule has 4 heteroatoms. The van der Waals surface area contributed by atoms with E-state index in [1.165, 1.54) is 0 Å². The summed E-state index contributed by atoms with van der Waals surface area (Å²) in [5, 5.41) is 2.92. The topological polar surface area (TPSA) is 41.6 Å². The van der Waals surface area contributed by atoms with E-state index in [2.05, 4.69) is 17.3 Å². The molecule has 0 spiro atoms. The minimum absolute atomic E-state index is 0.0600. The standard InChI is InChI=1S/C10H20N2O2.C2H6/c1-8(2)10(13)11-6-9-7-14-5-4-12(9)3;1-2/h8-9H,4-7H2,1-3H3,(H,11,13);1-2H3. The molecule has 0 aromatic rings. The van der Waals surface area contributed by atoms with Gasteiger partial charge in [0.15, 0.2) is 0 Å². The summed E-state index contributed by atoms with van der Waals surface area (Å²) in [5.74, 6) is 0.175. The Morgan fingerprint density at radius 3 is 2.62 bits per heavy atom. The summed E-state index contributed by atoms with van der Waals surface area (Å²) in [6.07, 6.45) is 0. The molecule has 1 saturated heterocycles. The van der Waals surface area contributed by atoms with E-state index >= 15 is 0 Å². The second-order valence-corrected chi connectivity index (χ2v) is 4.11. The summed E-state index contributed by atoms with van der Waals surface area (Å²) in [6, 6.07) is 0.325. The lowest BCUT2D eigenvalue weighted by molar-refractivity contribution is -0.124. The van der Waals surface area contributed by atoms with Crippen LogP contribution in [0, 0.1) is 5.92 Å². The van der Waals surface area contributed by atoms with Crippen LogP contribution in [0.4, 0.5) is 0 Å². The molecule has 0 radical (unpaired) electrons. The lowest BCUT2D eigenvalue weighted by atomic mass is 10.2. The molecule has 1 fully saturated rings. The average Bonchev–Trinajstić information content (AvgIpc) is 2.30. The summed E-state index contributed by atoms with van der Waals surface area (Å²) >= 11 is 0. The monoisotopic (exact) mass is 230 g/mol. The molecule has 0 bridgehead atoms. The number of nitrogens with zero attached hydrogens (tertiary/aromatic N) is 1. The SMILES string of the molecule is CC.CC(C)C(=O)NCC1COCCN1C. The van der Waals surface area contributed by atoms with Gasteiger partial charge in [-0.05, 0) is 7.05 Å². The smallest absolute Gasteiger partial charge is 0.222 e. The Kier molecular flexibility index (Phi) is 8.21. The summed E-state index contributed by atoms with van der Waals surface area (Å²) in [6.45, 7) is 10.9. The van der Waals surface area contributed by atoms with Gasteiger partial charge in [0.2, 0.25) is 5.91 Å². The number of likely N-dealkylation sites (N-methyl/N-ethyl adjacent to an activating group) is 1. The van der Waals surface area contributed by atoms with Crippen LogP contribution in [-0.2, 0) is 9.53 Å². The number of carbonyl (C=O) groups excluding carboxylic acids is 1. The average molecular weight is 230 g/mol. The zero-order chi connectivity index (χ0) is 12.6. The molecule has 0 saturated carbocycles. The van der Waals surface area contributed by atoms with Gasteiger partial charge in [-0.2, -0.15) is 0 Å². The number of morpholine rings is 1. The highest BCUT2D eigenvalue weighted by Gasteiger charge is 2.20. The van der Waals surface area contributed by atoms with Crippen LogP contribution in [0.3, 0.4) is 0 Å². The zero-order valence-electron chi connectivity index (χ0n) is 11.2. The summed E-state index contributed by atoms with van der Waals surface area (Å²) in [7, 11) is 2.06. The molecule has 1 aliphatic heterocycles. The first-order valence-electron chi connectivity index (χ1n) is 6.17. The van der Waals surface area contributed by atoms with E-state index in [-0.39, 0.29) is 11.8 Å². The van der Waals surface area contributed by atoms with Gasteiger partial charge >= 0.3 is 0 Å². The van der Waals surface area contributed by atoms with Gasteiger partial charge in [-0.1, -0.05) is 27.7 Å². The Bertz CT molecular complexity index is 195. The maximum Gasteiger partial charge on any atom is 0.222 e. The van der Waals surface area contributed by atoms with Crippen LogP contribution in [-0.4, -0.2) is 50.2 Å². The summed E-state index contributed by atoms with van der Waals surface area (Å²) < 4.78 is 5.35. The van der Waals surface area contributed by atoms with Crippen molar-refractivity contribution in [1.29, 1.82) is 0 Å². The third-order valence-corrected chi connectivity index (χ3v) is 2.56. The minimum Gasteiger partial charge on any atom is -0.378 e. The van der Waals surface area contributed by atoms with Crippen molar-refractivity contribution in [3.8, 4) is 0 Å². The fourth-order valence-electron chi connectivity index (χ4n) is 1.38. The lowest BCUT2D eigenvalue weighted by Gasteiger charge is -2.32. The van der Waals surface area contributed by atoms with Gasteiger partial charge in [-0.25, -0.2) is 0 Å². The normalized spacial score (nSPS) is 21.2. The number of hydrogen-bond donors (Lipinski definition) is 1. The summed E-state index contributed by atoms with van der Waals surface area (Å²) in [4.78, 5) is 13.5. The molecule has 0 aromatic heterocycles. The van der Waals surface area contributed by atoms with E-state index in [9.17, 15) is 4.79 Å².